The molecule has 0 spiro atoms. The molecule has 2 N–H and O–H groups in total. The number of aromatic amines is 1. The first-order valence-electron chi connectivity index (χ1n) is 7.72. The number of aromatic nitrogens is 1. The Kier molecular flexibility index (Phi) is 4.62. The summed E-state index contributed by atoms with van der Waals surface area (Å²) >= 11 is 0. The van der Waals surface area contributed by atoms with Crippen molar-refractivity contribution in [2.45, 2.75) is 12.3 Å². The number of ether oxygens (including phenoxy) is 1. The van der Waals surface area contributed by atoms with Crippen molar-refractivity contribution in [2.24, 2.45) is 0 Å². The molecule has 0 bridgehead atoms. The van der Waals surface area contributed by atoms with E-state index in [1.165, 1.54) is 23.6 Å². The van der Waals surface area contributed by atoms with E-state index in [1.54, 1.807) is 0 Å². The second-order valence-corrected chi connectivity index (χ2v) is 5.46. The van der Waals surface area contributed by atoms with Crippen LogP contribution in [0.4, 0.5) is 4.79 Å². The van der Waals surface area contributed by atoms with Gasteiger partial charge < -0.3 is 15.0 Å². The fourth-order valence-electron chi connectivity index (χ4n) is 2.99. The van der Waals surface area contributed by atoms with Crippen LogP contribution in [-0.2, 0) is 4.74 Å². The second-order valence-electron chi connectivity index (χ2n) is 5.46. The van der Waals surface area contributed by atoms with Gasteiger partial charge in [0.25, 0.3) is 0 Å². The normalized spacial score (nSPS) is 12.0. The number of carbonyl (C=O) groups excluding carboxylic acids is 1. The SMILES string of the molecule is COC(=O)NCCC(c1ccccc1)c1cccc2[nH]ccc12. The summed E-state index contributed by atoms with van der Waals surface area (Å²) in [7, 11) is 1.38. The Morgan fingerprint density at radius 3 is 2.74 bits per heavy atom. The highest BCUT2D eigenvalue weighted by Gasteiger charge is 2.17. The number of carbonyl (C=O) groups is 1. The van der Waals surface area contributed by atoms with Gasteiger partial charge in [-0.05, 0) is 29.7 Å². The molecule has 1 atom stereocenters. The Labute approximate surface area is 135 Å². The van der Waals surface area contributed by atoms with Gasteiger partial charge in [-0.2, -0.15) is 0 Å². The van der Waals surface area contributed by atoms with E-state index in [2.05, 4.69) is 51.4 Å². The number of rotatable bonds is 5. The number of alkyl carbamates (subject to hydrolysis) is 1. The number of benzene rings is 2. The average Bonchev–Trinajstić information content (AvgIpc) is 3.08. The number of hydrogen-bond acceptors (Lipinski definition) is 2. The Balaban J connectivity index is 1.92. The number of H-pyrrole nitrogens is 1. The number of hydrogen-bond donors (Lipinski definition) is 2. The van der Waals surface area contributed by atoms with Crippen LogP contribution in [0.15, 0.2) is 60.8 Å². The summed E-state index contributed by atoms with van der Waals surface area (Å²) in [5.74, 6) is 0.216. The predicted molar refractivity (Wildman–Crippen MR) is 91.6 cm³/mol. The lowest BCUT2D eigenvalue weighted by atomic mass is 9.86. The highest BCUT2D eigenvalue weighted by atomic mass is 16.5. The molecule has 0 radical (unpaired) electrons. The quantitative estimate of drug-likeness (QED) is 0.747. The Morgan fingerprint density at radius 1 is 1.13 bits per heavy atom. The van der Waals surface area contributed by atoms with Crippen LogP contribution in [0.25, 0.3) is 10.9 Å². The van der Waals surface area contributed by atoms with Crippen molar-refractivity contribution in [3.05, 3.63) is 71.9 Å². The summed E-state index contributed by atoms with van der Waals surface area (Å²) in [6, 6.07) is 18.8. The van der Waals surface area contributed by atoms with Gasteiger partial charge in [0, 0.05) is 29.6 Å². The molecule has 1 unspecified atom stereocenters. The van der Waals surface area contributed by atoms with E-state index in [-0.39, 0.29) is 5.92 Å². The van der Waals surface area contributed by atoms with Gasteiger partial charge in [-0.25, -0.2) is 4.79 Å². The molecule has 1 aromatic heterocycles. The third-order valence-electron chi connectivity index (χ3n) is 4.09. The van der Waals surface area contributed by atoms with Crippen LogP contribution >= 0.6 is 0 Å². The third kappa shape index (κ3) is 3.37. The molecule has 3 rings (SSSR count). The molecule has 0 saturated heterocycles. The lowest BCUT2D eigenvalue weighted by Crippen LogP contribution is -2.25. The maximum atomic E-state index is 11.3. The standard InChI is InChI=1S/C19H20N2O2/c1-23-19(22)21-13-10-15(14-6-3-2-4-7-14)16-8-5-9-18-17(16)11-12-20-18/h2-9,11-12,15,20H,10,13H2,1H3,(H,21,22). The number of nitrogens with one attached hydrogen (secondary N) is 2. The van der Waals surface area contributed by atoms with Crippen LogP contribution in [0.3, 0.4) is 0 Å². The first-order chi connectivity index (χ1) is 11.3. The van der Waals surface area contributed by atoms with E-state index >= 15 is 0 Å². The molecule has 0 aliphatic carbocycles. The minimum absolute atomic E-state index is 0.216. The van der Waals surface area contributed by atoms with Crippen LogP contribution in [0.2, 0.25) is 0 Å². The molecular formula is C19H20N2O2. The predicted octanol–water partition coefficient (Wildman–Crippen LogP) is 4.05. The van der Waals surface area contributed by atoms with Crippen LogP contribution in [0.5, 0.6) is 0 Å². The molecule has 118 valence electrons. The van der Waals surface area contributed by atoms with E-state index in [0.29, 0.717) is 6.54 Å². The second kappa shape index (κ2) is 7.01. The molecule has 1 heterocycles. The zero-order valence-electron chi connectivity index (χ0n) is 13.1. The summed E-state index contributed by atoms with van der Waals surface area (Å²) in [4.78, 5) is 14.6. The summed E-state index contributed by atoms with van der Waals surface area (Å²) < 4.78 is 4.65. The monoisotopic (exact) mass is 308 g/mol. The number of fused-ring (bicyclic) bond motifs is 1. The van der Waals surface area contributed by atoms with Crippen molar-refractivity contribution < 1.29 is 9.53 Å². The minimum atomic E-state index is -0.392. The first kappa shape index (κ1) is 15.2. The van der Waals surface area contributed by atoms with E-state index in [0.717, 1.165) is 11.9 Å². The molecule has 2 aromatic carbocycles. The number of amides is 1. The first-order valence-corrected chi connectivity index (χ1v) is 7.72. The van der Waals surface area contributed by atoms with E-state index < -0.39 is 6.09 Å². The van der Waals surface area contributed by atoms with Gasteiger partial charge >= 0.3 is 6.09 Å². The molecule has 0 fully saturated rings. The van der Waals surface area contributed by atoms with Crippen molar-refractivity contribution in [1.29, 1.82) is 0 Å². The van der Waals surface area contributed by atoms with Gasteiger partial charge in [-0.15, -0.1) is 0 Å². The zero-order valence-corrected chi connectivity index (χ0v) is 13.1. The third-order valence-corrected chi connectivity index (χ3v) is 4.09. The van der Waals surface area contributed by atoms with Crippen molar-refractivity contribution >= 4 is 17.0 Å². The molecule has 0 saturated carbocycles. The zero-order chi connectivity index (χ0) is 16.1. The molecule has 0 aliphatic heterocycles. The van der Waals surface area contributed by atoms with Gasteiger partial charge in [-0.3, -0.25) is 0 Å². The van der Waals surface area contributed by atoms with E-state index in [1.807, 2.05) is 24.4 Å². The Morgan fingerprint density at radius 2 is 1.96 bits per heavy atom. The van der Waals surface area contributed by atoms with Crippen LogP contribution < -0.4 is 5.32 Å². The molecular weight excluding hydrogens is 288 g/mol. The summed E-state index contributed by atoms with van der Waals surface area (Å²) in [6.07, 6.45) is 2.38. The van der Waals surface area contributed by atoms with Crippen LogP contribution in [0.1, 0.15) is 23.5 Å². The van der Waals surface area contributed by atoms with Crippen molar-refractivity contribution in [3.63, 3.8) is 0 Å². The Hall–Kier alpha value is -2.75. The topological polar surface area (TPSA) is 54.1 Å². The van der Waals surface area contributed by atoms with Gasteiger partial charge in [0.1, 0.15) is 0 Å². The van der Waals surface area contributed by atoms with Crippen molar-refractivity contribution in [1.82, 2.24) is 10.3 Å². The largest absolute Gasteiger partial charge is 0.453 e. The molecule has 23 heavy (non-hydrogen) atoms. The minimum Gasteiger partial charge on any atom is -0.453 e. The smallest absolute Gasteiger partial charge is 0.406 e. The molecule has 0 aliphatic rings. The highest BCUT2D eigenvalue weighted by Crippen LogP contribution is 2.32. The maximum Gasteiger partial charge on any atom is 0.406 e. The van der Waals surface area contributed by atoms with Crippen LogP contribution in [-0.4, -0.2) is 24.7 Å². The van der Waals surface area contributed by atoms with Gasteiger partial charge in [-0.1, -0.05) is 42.5 Å². The van der Waals surface area contributed by atoms with Gasteiger partial charge in [0.2, 0.25) is 0 Å². The lowest BCUT2D eigenvalue weighted by Gasteiger charge is -2.19. The maximum absolute atomic E-state index is 11.3. The summed E-state index contributed by atoms with van der Waals surface area (Å²) in [6.45, 7) is 0.563. The summed E-state index contributed by atoms with van der Waals surface area (Å²) in [5.41, 5.74) is 3.64. The van der Waals surface area contributed by atoms with E-state index in [4.69, 9.17) is 0 Å². The van der Waals surface area contributed by atoms with Crippen molar-refractivity contribution in [3.8, 4) is 0 Å². The number of methoxy groups -OCH3 is 1. The van der Waals surface area contributed by atoms with Crippen LogP contribution in [0, 0.1) is 0 Å². The fraction of sp³-hybridized carbons (Fsp3) is 0.211. The van der Waals surface area contributed by atoms with Gasteiger partial charge in [0.05, 0.1) is 7.11 Å². The molecule has 4 nitrogen and oxygen atoms in total. The lowest BCUT2D eigenvalue weighted by molar-refractivity contribution is 0.171. The van der Waals surface area contributed by atoms with Crippen molar-refractivity contribution in [2.75, 3.05) is 13.7 Å². The molecule has 1 amide bonds. The van der Waals surface area contributed by atoms with E-state index in [9.17, 15) is 4.79 Å². The Bertz CT molecular complexity index is 780. The highest BCUT2D eigenvalue weighted by molar-refractivity contribution is 5.84. The molecule has 4 heteroatoms. The molecule has 3 aromatic rings. The average molecular weight is 308 g/mol. The fourth-order valence-corrected chi connectivity index (χ4v) is 2.99. The van der Waals surface area contributed by atoms with Gasteiger partial charge in [0.15, 0.2) is 0 Å². The summed E-state index contributed by atoms with van der Waals surface area (Å²) in [5, 5.41) is 4.00.